The van der Waals surface area contributed by atoms with Gasteiger partial charge in [-0.1, -0.05) is 36.8 Å². The highest BCUT2D eigenvalue weighted by atomic mass is 16.2. The van der Waals surface area contributed by atoms with E-state index in [-0.39, 0.29) is 18.0 Å². The van der Waals surface area contributed by atoms with Crippen LogP contribution in [-0.2, 0) is 4.79 Å². The van der Waals surface area contributed by atoms with E-state index < -0.39 is 0 Å². The third-order valence-electron chi connectivity index (χ3n) is 3.36. The fourth-order valence-electron chi connectivity index (χ4n) is 2.51. The summed E-state index contributed by atoms with van der Waals surface area (Å²) < 4.78 is 0. The predicted octanol–water partition coefficient (Wildman–Crippen LogP) is 2.01. The summed E-state index contributed by atoms with van der Waals surface area (Å²) in [5, 5.41) is 0. The molecule has 17 heavy (non-hydrogen) atoms. The molecule has 2 N–H and O–H groups in total. The lowest BCUT2D eigenvalue weighted by atomic mass is 9.99. The van der Waals surface area contributed by atoms with Crippen molar-refractivity contribution in [3.05, 3.63) is 35.4 Å². The number of amides is 1. The van der Waals surface area contributed by atoms with Crippen molar-refractivity contribution >= 4 is 5.91 Å². The molecular formula is C14H20N2O. The van der Waals surface area contributed by atoms with Crippen LogP contribution in [0.25, 0.3) is 0 Å². The second-order valence-electron chi connectivity index (χ2n) is 4.81. The summed E-state index contributed by atoms with van der Waals surface area (Å²) in [6.07, 6.45) is 1.44. The highest BCUT2D eigenvalue weighted by molar-refractivity contribution is 5.80. The quantitative estimate of drug-likeness (QED) is 0.866. The largest absolute Gasteiger partial charge is 0.334 e. The SMILES string of the molecule is CCCN1C(=O)C[C@H](N)[C@H]1c1ccc(C)cc1. The van der Waals surface area contributed by atoms with Crippen LogP contribution in [0, 0.1) is 6.92 Å². The van der Waals surface area contributed by atoms with E-state index in [2.05, 4.69) is 38.1 Å². The summed E-state index contributed by atoms with van der Waals surface area (Å²) >= 11 is 0. The van der Waals surface area contributed by atoms with Gasteiger partial charge in [0.05, 0.1) is 6.04 Å². The smallest absolute Gasteiger partial charge is 0.224 e. The Hall–Kier alpha value is -1.35. The molecule has 0 radical (unpaired) electrons. The molecule has 1 aromatic rings. The fraction of sp³-hybridized carbons (Fsp3) is 0.500. The molecule has 1 fully saturated rings. The first-order valence-electron chi connectivity index (χ1n) is 6.25. The molecule has 1 saturated heterocycles. The Bertz CT molecular complexity index is 399. The van der Waals surface area contributed by atoms with Gasteiger partial charge in [0, 0.05) is 19.0 Å². The van der Waals surface area contributed by atoms with Gasteiger partial charge in [-0.25, -0.2) is 0 Å². The summed E-state index contributed by atoms with van der Waals surface area (Å²) in [6, 6.07) is 8.31. The lowest BCUT2D eigenvalue weighted by Gasteiger charge is -2.27. The van der Waals surface area contributed by atoms with Crippen molar-refractivity contribution in [2.24, 2.45) is 5.73 Å². The Morgan fingerprint density at radius 1 is 1.35 bits per heavy atom. The van der Waals surface area contributed by atoms with E-state index in [0.29, 0.717) is 6.42 Å². The molecule has 0 aliphatic carbocycles. The van der Waals surface area contributed by atoms with Gasteiger partial charge in [-0.3, -0.25) is 4.79 Å². The highest BCUT2D eigenvalue weighted by Gasteiger charge is 2.37. The van der Waals surface area contributed by atoms with Gasteiger partial charge in [0.25, 0.3) is 0 Å². The number of hydrogen-bond donors (Lipinski definition) is 1. The molecule has 0 unspecified atom stereocenters. The maximum atomic E-state index is 11.9. The molecule has 92 valence electrons. The minimum absolute atomic E-state index is 0.0584. The highest BCUT2D eigenvalue weighted by Crippen LogP contribution is 2.32. The van der Waals surface area contributed by atoms with E-state index in [1.807, 2.05) is 4.90 Å². The van der Waals surface area contributed by atoms with Crippen LogP contribution in [0.15, 0.2) is 24.3 Å². The number of likely N-dealkylation sites (tertiary alicyclic amines) is 1. The van der Waals surface area contributed by atoms with E-state index in [1.54, 1.807) is 0 Å². The molecule has 0 spiro atoms. The summed E-state index contributed by atoms with van der Waals surface area (Å²) in [4.78, 5) is 13.8. The molecule has 1 heterocycles. The number of aryl methyl sites for hydroxylation is 1. The van der Waals surface area contributed by atoms with Crippen LogP contribution in [0.4, 0.5) is 0 Å². The monoisotopic (exact) mass is 232 g/mol. The fourth-order valence-corrected chi connectivity index (χ4v) is 2.51. The van der Waals surface area contributed by atoms with Crippen molar-refractivity contribution in [1.82, 2.24) is 4.90 Å². The zero-order valence-electron chi connectivity index (χ0n) is 10.5. The van der Waals surface area contributed by atoms with Gasteiger partial charge in [0.15, 0.2) is 0 Å². The predicted molar refractivity (Wildman–Crippen MR) is 68.5 cm³/mol. The zero-order valence-corrected chi connectivity index (χ0v) is 10.5. The summed E-state index contributed by atoms with van der Waals surface area (Å²) in [7, 11) is 0. The van der Waals surface area contributed by atoms with Crippen molar-refractivity contribution in [2.45, 2.75) is 38.8 Å². The number of rotatable bonds is 3. The van der Waals surface area contributed by atoms with Gasteiger partial charge in [-0.05, 0) is 18.9 Å². The van der Waals surface area contributed by atoms with Gasteiger partial charge in [-0.2, -0.15) is 0 Å². The minimum atomic E-state index is -0.0724. The molecule has 3 heteroatoms. The van der Waals surface area contributed by atoms with E-state index >= 15 is 0 Å². The van der Waals surface area contributed by atoms with Crippen LogP contribution in [-0.4, -0.2) is 23.4 Å². The Labute approximate surface area is 103 Å². The Balaban J connectivity index is 2.28. The van der Waals surface area contributed by atoms with Crippen molar-refractivity contribution in [1.29, 1.82) is 0 Å². The second kappa shape index (κ2) is 4.88. The maximum absolute atomic E-state index is 11.9. The number of benzene rings is 1. The van der Waals surface area contributed by atoms with Crippen LogP contribution in [0.2, 0.25) is 0 Å². The van der Waals surface area contributed by atoms with Crippen molar-refractivity contribution in [2.75, 3.05) is 6.54 Å². The molecule has 1 aliphatic heterocycles. The number of nitrogens with two attached hydrogens (primary N) is 1. The van der Waals surface area contributed by atoms with Gasteiger partial charge in [0.1, 0.15) is 0 Å². The number of hydrogen-bond acceptors (Lipinski definition) is 2. The van der Waals surface area contributed by atoms with E-state index in [0.717, 1.165) is 18.5 Å². The Morgan fingerprint density at radius 2 is 2.00 bits per heavy atom. The van der Waals surface area contributed by atoms with E-state index in [4.69, 9.17) is 5.73 Å². The Kier molecular flexibility index (Phi) is 3.48. The third kappa shape index (κ3) is 2.34. The molecule has 0 saturated carbocycles. The zero-order chi connectivity index (χ0) is 12.4. The average Bonchev–Trinajstić information content (AvgIpc) is 2.56. The molecule has 1 aromatic carbocycles. The summed E-state index contributed by atoms with van der Waals surface area (Å²) in [6.45, 7) is 4.95. The Morgan fingerprint density at radius 3 is 2.59 bits per heavy atom. The molecular weight excluding hydrogens is 212 g/mol. The van der Waals surface area contributed by atoms with Crippen molar-refractivity contribution in [3.63, 3.8) is 0 Å². The van der Waals surface area contributed by atoms with Crippen LogP contribution in [0.3, 0.4) is 0 Å². The van der Waals surface area contributed by atoms with Gasteiger partial charge in [0.2, 0.25) is 5.91 Å². The van der Waals surface area contributed by atoms with Crippen LogP contribution in [0.1, 0.15) is 36.9 Å². The van der Waals surface area contributed by atoms with Crippen molar-refractivity contribution in [3.8, 4) is 0 Å². The lowest BCUT2D eigenvalue weighted by Crippen LogP contribution is -2.33. The van der Waals surface area contributed by atoms with Crippen LogP contribution >= 0.6 is 0 Å². The molecule has 0 aromatic heterocycles. The molecule has 0 bridgehead atoms. The number of carbonyl (C=O) groups is 1. The number of carbonyl (C=O) groups excluding carboxylic acids is 1. The summed E-state index contributed by atoms with van der Waals surface area (Å²) in [5.41, 5.74) is 8.48. The second-order valence-corrected chi connectivity index (χ2v) is 4.81. The standard InChI is InChI=1S/C14H20N2O/c1-3-8-16-13(17)9-12(15)14(16)11-6-4-10(2)5-7-11/h4-7,12,14H,3,8-9,15H2,1-2H3/t12-,14+/m0/s1. The number of nitrogens with zero attached hydrogens (tertiary/aromatic N) is 1. The van der Waals surface area contributed by atoms with Crippen LogP contribution < -0.4 is 5.73 Å². The van der Waals surface area contributed by atoms with Crippen LogP contribution in [0.5, 0.6) is 0 Å². The van der Waals surface area contributed by atoms with Crippen molar-refractivity contribution < 1.29 is 4.79 Å². The molecule has 1 amide bonds. The van der Waals surface area contributed by atoms with Gasteiger partial charge >= 0.3 is 0 Å². The first-order chi connectivity index (χ1) is 8.13. The average molecular weight is 232 g/mol. The lowest BCUT2D eigenvalue weighted by molar-refractivity contribution is -0.129. The van der Waals surface area contributed by atoms with E-state index in [9.17, 15) is 4.79 Å². The first kappa shape index (κ1) is 12.1. The molecule has 1 aliphatic rings. The molecule has 2 atom stereocenters. The minimum Gasteiger partial charge on any atom is -0.334 e. The molecule has 2 rings (SSSR count). The van der Waals surface area contributed by atoms with Gasteiger partial charge in [-0.15, -0.1) is 0 Å². The van der Waals surface area contributed by atoms with Gasteiger partial charge < -0.3 is 10.6 Å². The topological polar surface area (TPSA) is 46.3 Å². The maximum Gasteiger partial charge on any atom is 0.224 e. The third-order valence-corrected chi connectivity index (χ3v) is 3.36. The normalized spacial score (nSPS) is 24.4. The first-order valence-corrected chi connectivity index (χ1v) is 6.25. The summed E-state index contributed by atoms with van der Waals surface area (Å²) in [5.74, 6) is 0.185. The van der Waals surface area contributed by atoms with E-state index in [1.165, 1.54) is 5.56 Å². The molecule has 3 nitrogen and oxygen atoms in total.